The van der Waals surface area contributed by atoms with Gasteiger partial charge in [0.05, 0.1) is 12.1 Å². The summed E-state index contributed by atoms with van der Waals surface area (Å²) in [6.07, 6.45) is 0.919. The molecule has 1 aromatic heterocycles. The Labute approximate surface area is 94.9 Å². The molecule has 0 spiro atoms. The Balaban J connectivity index is 2.58. The molecule has 0 saturated heterocycles. The molecular formula is C11H18N2OS. The van der Waals surface area contributed by atoms with E-state index in [2.05, 4.69) is 23.6 Å². The van der Waals surface area contributed by atoms with Gasteiger partial charge in [0.15, 0.2) is 0 Å². The molecule has 1 aromatic rings. The second kappa shape index (κ2) is 5.88. The number of nitrogens with one attached hydrogen (secondary N) is 2. The van der Waals surface area contributed by atoms with Crippen LogP contribution in [0, 0.1) is 0 Å². The van der Waals surface area contributed by atoms with E-state index in [4.69, 9.17) is 0 Å². The van der Waals surface area contributed by atoms with Crippen LogP contribution in [0.2, 0.25) is 0 Å². The first-order valence-electron chi connectivity index (χ1n) is 5.20. The molecule has 0 radical (unpaired) electrons. The van der Waals surface area contributed by atoms with E-state index < -0.39 is 0 Å². The highest BCUT2D eigenvalue weighted by molar-refractivity contribution is 7.10. The molecule has 2 unspecified atom stereocenters. The molecule has 0 saturated carbocycles. The third-order valence-corrected chi connectivity index (χ3v) is 3.42. The Morgan fingerprint density at radius 2 is 2.33 bits per heavy atom. The van der Waals surface area contributed by atoms with Crippen molar-refractivity contribution in [1.82, 2.24) is 10.6 Å². The first-order valence-corrected chi connectivity index (χ1v) is 6.08. The Hall–Kier alpha value is -0.870. The minimum atomic E-state index is -0.140. The molecule has 0 aliphatic carbocycles. The average molecular weight is 226 g/mol. The predicted molar refractivity (Wildman–Crippen MR) is 64.0 cm³/mol. The maximum absolute atomic E-state index is 11.7. The number of hydrogen-bond acceptors (Lipinski definition) is 3. The van der Waals surface area contributed by atoms with Gasteiger partial charge in [0.1, 0.15) is 0 Å². The van der Waals surface area contributed by atoms with Crippen molar-refractivity contribution in [2.45, 2.75) is 32.4 Å². The van der Waals surface area contributed by atoms with Crippen molar-refractivity contribution in [3.05, 3.63) is 22.4 Å². The molecule has 1 rings (SSSR count). The number of likely N-dealkylation sites (N-methyl/N-ethyl adjacent to an activating group) is 1. The number of carbonyl (C=O) groups excluding carboxylic acids is 1. The van der Waals surface area contributed by atoms with Crippen molar-refractivity contribution >= 4 is 17.2 Å². The molecule has 1 heterocycles. The molecule has 0 aliphatic rings. The van der Waals surface area contributed by atoms with Gasteiger partial charge in [0, 0.05) is 4.88 Å². The SMILES string of the molecule is CCC(NC(=O)C(C)NC)c1cccs1. The van der Waals surface area contributed by atoms with Crippen molar-refractivity contribution in [3.63, 3.8) is 0 Å². The van der Waals surface area contributed by atoms with Crippen LogP contribution in [-0.4, -0.2) is 19.0 Å². The zero-order valence-corrected chi connectivity index (χ0v) is 10.2. The Kier molecular flexibility index (Phi) is 4.78. The van der Waals surface area contributed by atoms with Gasteiger partial charge < -0.3 is 10.6 Å². The molecule has 84 valence electrons. The summed E-state index contributed by atoms with van der Waals surface area (Å²) in [7, 11) is 1.79. The monoisotopic (exact) mass is 226 g/mol. The number of rotatable bonds is 5. The quantitative estimate of drug-likeness (QED) is 0.805. The smallest absolute Gasteiger partial charge is 0.237 e. The number of carbonyl (C=O) groups is 1. The maximum Gasteiger partial charge on any atom is 0.237 e. The normalized spacial score (nSPS) is 14.6. The summed E-state index contributed by atoms with van der Waals surface area (Å²) in [5, 5.41) is 7.99. The second-order valence-electron chi connectivity index (χ2n) is 3.50. The topological polar surface area (TPSA) is 41.1 Å². The molecule has 1 amide bonds. The highest BCUT2D eigenvalue weighted by Crippen LogP contribution is 2.21. The van der Waals surface area contributed by atoms with Crippen LogP contribution in [0.1, 0.15) is 31.2 Å². The van der Waals surface area contributed by atoms with Crippen molar-refractivity contribution in [2.75, 3.05) is 7.05 Å². The fourth-order valence-electron chi connectivity index (χ4n) is 1.29. The van der Waals surface area contributed by atoms with Crippen LogP contribution >= 0.6 is 11.3 Å². The number of hydrogen-bond donors (Lipinski definition) is 2. The van der Waals surface area contributed by atoms with Crippen LogP contribution in [0.15, 0.2) is 17.5 Å². The summed E-state index contributed by atoms with van der Waals surface area (Å²) in [5.41, 5.74) is 0. The molecule has 2 atom stereocenters. The predicted octanol–water partition coefficient (Wildman–Crippen LogP) is 1.92. The maximum atomic E-state index is 11.7. The standard InChI is InChI=1S/C11H18N2OS/c1-4-9(10-6-5-7-15-10)13-11(14)8(2)12-3/h5-9,12H,4H2,1-3H3,(H,13,14). The fraction of sp³-hybridized carbons (Fsp3) is 0.545. The Bertz CT molecular complexity index is 298. The Morgan fingerprint density at radius 3 is 2.80 bits per heavy atom. The summed E-state index contributed by atoms with van der Waals surface area (Å²) in [6.45, 7) is 3.94. The molecule has 0 aliphatic heterocycles. The van der Waals surface area contributed by atoms with Crippen molar-refractivity contribution in [2.24, 2.45) is 0 Å². The molecule has 3 nitrogen and oxygen atoms in total. The van der Waals surface area contributed by atoms with Crippen LogP contribution in [0.4, 0.5) is 0 Å². The van der Waals surface area contributed by atoms with Gasteiger partial charge in [-0.2, -0.15) is 0 Å². The fourth-order valence-corrected chi connectivity index (χ4v) is 2.15. The lowest BCUT2D eigenvalue weighted by molar-refractivity contribution is -0.123. The van der Waals surface area contributed by atoms with E-state index in [1.54, 1.807) is 18.4 Å². The molecule has 4 heteroatoms. The molecule has 0 bridgehead atoms. The van der Waals surface area contributed by atoms with E-state index in [0.717, 1.165) is 6.42 Å². The highest BCUT2D eigenvalue weighted by Gasteiger charge is 2.16. The van der Waals surface area contributed by atoms with Gasteiger partial charge in [0.25, 0.3) is 0 Å². The first-order chi connectivity index (χ1) is 7.19. The lowest BCUT2D eigenvalue weighted by Gasteiger charge is -2.18. The highest BCUT2D eigenvalue weighted by atomic mass is 32.1. The van der Waals surface area contributed by atoms with Gasteiger partial charge in [0.2, 0.25) is 5.91 Å². The van der Waals surface area contributed by atoms with Gasteiger partial charge in [-0.05, 0) is 31.8 Å². The zero-order valence-electron chi connectivity index (χ0n) is 9.41. The van der Waals surface area contributed by atoms with Gasteiger partial charge in [-0.15, -0.1) is 11.3 Å². The summed E-state index contributed by atoms with van der Waals surface area (Å²) in [5.74, 6) is 0.0535. The van der Waals surface area contributed by atoms with Crippen LogP contribution in [0.3, 0.4) is 0 Å². The van der Waals surface area contributed by atoms with Gasteiger partial charge in [-0.1, -0.05) is 13.0 Å². The van der Waals surface area contributed by atoms with Crippen LogP contribution in [-0.2, 0) is 4.79 Å². The van der Waals surface area contributed by atoms with E-state index in [0.29, 0.717) is 0 Å². The molecule has 15 heavy (non-hydrogen) atoms. The van der Waals surface area contributed by atoms with Crippen LogP contribution in [0.25, 0.3) is 0 Å². The minimum absolute atomic E-state index is 0.0535. The summed E-state index contributed by atoms with van der Waals surface area (Å²) >= 11 is 1.68. The summed E-state index contributed by atoms with van der Waals surface area (Å²) < 4.78 is 0. The third-order valence-electron chi connectivity index (χ3n) is 2.44. The summed E-state index contributed by atoms with van der Waals surface area (Å²) in [4.78, 5) is 12.9. The largest absolute Gasteiger partial charge is 0.347 e. The van der Waals surface area contributed by atoms with E-state index in [1.807, 2.05) is 18.4 Å². The average Bonchev–Trinajstić information content (AvgIpc) is 2.77. The summed E-state index contributed by atoms with van der Waals surface area (Å²) in [6, 6.07) is 4.08. The molecule has 0 fully saturated rings. The van der Waals surface area contributed by atoms with E-state index in [1.165, 1.54) is 4.88 Å². The van der Waals surface area contributed by atoms with Crippen molar-refractivity contribution in [1.29, 1.82) is 0 Å². The van der Waals surface area contributed by atoms with Crippen LogP contribution in [0.5, 0.6) is 0 Å². The zero-order chi connectivity index (χ0) is 11.3. The molecule has 2 N–H and O–H groups in total. The molecular weight excluding hydrogens is 208 g/mol. The van der Waals surface area contributed by atoms with E-state index in [-0.39, 0.29) is 18.0 Å². The number of thiophene rings is 1. The Morgan fingerprint density at radius 1 is 1.60 bits per heavy atom. The van der Waals surface area contributed by atoms with Gasteiger partial charge >= 0.3 is 0 Å². The first kappa shape index (κ1) is 12.2. The van der Waals surface area contributed by atoms with Gasteiger partial charge in [-0.3, -0.25) is 4.79 Å². The number of amides is 1. The minimum Gasteiger partial charge on any atom is -0.347 e. The van der Waals surface area contributed by atoms with Gasteiger partial charge in [-0.25, -0.2) is 0 Å². The molecule has 0 aromatic carbocycles. The van der Waals surface area contributed by atoms with E-state index >= 15 is 0 Å². The van der Waals surface area contributed by atoms with Crippen molar-refractivity contribution in [3.8, 4) is 0 Å². The van der Waals surface area contributed by atoms with Crippen molar-refractivity contribution < 1.29 is 4.79 Å². The lowest BCUT2D eigenvalue weighted by atomic mass is 10.1. The third kappa shape index (κ3) is 3.32. The second-order valence-corrected chi connectivity index (χ2v) is 4.47. The lowest BCUT2D eigenvalue weighted by Crippen LogP contribution is -2.41. The van der Waals surface area contributed by atoms with E-state index in [9.17, 15) is 4.79 Å². The van der Waals surface area contributed by atoms with Crippen LogP contribution < -0.4 is 10.6 Å².